The lowest BCUT2D eigenvalue weighted by Crippen LogP contribution is -2.60. The van der Waals surface area contributed by atoms with Crippen LogP contribution in [0.25, 0.3) is 22.3 Å². The first-order valence-corrected chi connectivity index (χ1v) is 22.3. The average molecular weight is 833 g/mol. The van der Waals surface area contributed by atoms with Gasteiger partial charge in [-0.25, -0.2) is 14.5 Å². The molecule has 0 saturated heterocycles. The van der Waals surface area contributed by atoms with Gasteiger partial charge in [-0.1, -0.05) is 139 Å². The minimum absolute atomic E-state index is 0.0235. The molecular formula is C47H53FN4O7Si. The van der Waals surface area contributed by atoms with Crippen LogP contribution in [-0.2, 0) is 25.5 Å². The van der Waals surface area contributed by atoms with Gasteiger partial charge in [-0.3, -0.25) is 9.48 Å². The number of carboxylic acid groups (broad SMARTS) is 1. The van der Waals surface area contributed by atoms with Crippen LogP contribution >= 0.6 is 0 Å². The van der Waals surface area contributed by atoms with Gasteiger partial charge in [-0.2, -0.15) is 5.10 Å². The van der Waals surface area contributed by atoms with Crippen LogP contribution in [0.2, 0.25) is 10.1 Å². The summed E-state index contributed by atoms with van der Waals surface area (Å²) in [4.78, 5) is 39.8. The average Bonchev–Trinajstić information content (AvgIpc) is 3.88. The van der Waals surface area contributed by atoms with Crippen molar-refractivity contribution in [3.05, 3.63) is 125 Å². The number of nitrogens with zero attached hydrogens (tertiary/aromatic N) is 3. The molecule has 2 aliphatic rings. The maximum Gasteiger partial charge on any atom is 0.416 e. The van der Waals surface area contributed by atoms with Crippen LogP contribution in [0.15, 0.2) is 103 Å². The SMILES string of the molecule is CC(C)(C)[Si](F)(c1cc(N(CC(=O)O)C(=O)OCC2c3ccccc3-c3ccccc32)nn1CCOCCNC(=O)OCC1c2ccccc2-c2ccccc21)C(C)(C)C. The lowest BCUT2D eigenvalue weighted by Gasteiger charge is -2.44. The Morgan fingerprint density at radius 2 is 1.18 bits per heavy atom. The number of hydrogen-bond acceptors (Lipinski definition) is 7. The van der Waals surface area contributed by atoms with Gasteiger partial charge in [-0.15, -0.1) is 0 Å². The zero-order valence-electron chi connectivity index (χ0n) is 35.0. The molecule has 0 unspecified atom stereocenters. The summed E-state index contributed by atoms with van der Waals surface area (Å²) in [6.45, 7) is 11.1. The Kier molecular flexibility index (Phi) is 12.0. The van der Waals surface area contributed by atoms with E-state index < -0.39 is 43.2 Å². The van der Waals surface area contributed by atoms with E-state index in [0.29, 0.717) is 5.32 Å². The summed E-state index contributed by atoms with van der Waals surface area (Å²) < 4.78 is 36.9. The Morgan fingerprint density at radius 1 is 0.733 bits per heavy atom. The summed E-state index contributed by atoms with van der Waals surface area (Å²) in [6.07, 6.45) is -1.46. The number of aliphatic carboxylic acids is 1. The number of ether oxygens (including phenoxy) is 3. The van der Waals surface area contributed by atoms with E-state index in [2.05, 4.69) is 34.7 Å². The number of aromatic nitrogens is 2. The summed E-state index contributed by atoms with van der Waals surface area (Å²) in [5, 5.41) is 16.1. The van der Waals surface area contributed by atoms with Gasteiger partial charge in [0.2, 0.25) is 0 Å². The summed E-state index contributed by atoms with van der Waals surface area (Å²) >= 11 is 0. The quantitative estimate of drug-likeness (QED) is 0.0644. The molecular weight excluding hydrogens is 780 g/mol. The Bertz CT molecular complexity index is 2280. The highest BCUT2D eigenvalue weighted by Crippen LogP contribution is 2.52. The van der Waals surface area contributed by atoms with Crippen molar-refractivity contribution in [3.63, 3.8) is 0 Å². The highest BCUT2D eigenvalue weighted by atomic mass is 28.4. The number of anilines is 1. The number of hydrogen-bond donors (Lipinski definition) is 2. The largest absolute Gasteiger partial charge is 0.480 e. The third kappa shape index (κ3) is 8.20. The molecule has 11 nitrogen and oxygen atoms in total. The van der Waals surface area contributed by atoms with E-state index in [1.807, 2.05) is 114 Å². The van der Waals surface area contributed by atoms with Crippen LogP contribution in [0.4, 0.5) is 19.5 Å². The van der Waals surface area contributed by atoms with Gasteiger partial charge in [0.25, 0.3) is 0 Å². The highest BCUT2D eigenvalue weighted by Gasteiger charge is 2.59. The van der Waals surface area contributed by atoms with Crippen molar-refractivity contribution in [2.45, 2.75) is 70.0 Å². The molecule has 0 bridgehead atoms. The second kappa shape index (κ2) is 17.1. The topological polar surface area (TPSA) is 132 Å². The van der Waals surface area contributed by atoms with Crippen LogP contribution in [0.5, 0.6) is 0 Å². The maximum absolute atomic E-state index is 18.0. The predicted octanol–water partition coefficient (Wildman–Crippen LogP) is 9.00. The van der Waals surface area contributed by atoms with E-state index in [1.54, 1.807) is 0 Å². The van der Waals surface area contributed by atoms with Crippen LogP contribution in [0.3, 0.4) is 0 Å². The lowest BCUT2D eigenvalue weighted by atomic mass is 9.98. The smallest absolute Gasteiger partial charge is 0.416 e. The molecule has 0 radical (unpaired) electrons. The molecule has 0 atom stereocenters. The fourth-order valence-corrected chi connectivity index (χ4v) is 13.7. The number of benzene rings is 4. The monoisotopic (exact) mass is 832 g/mol. The van der Waals surface area contributed by atoms with E-state index in [4.69, 9.17) is 14.2 Å². The number of carboxylic acids is 1. The third-order valence-corrected chi connectivity index (χ3v) is 16.9. The van der Waals surface area contributed by atoms with Crippen molar-refractivity contribution >= 4 is 37.7 Å². The van der Waals surface area contributed by atoms with Gasteiger partial charge in [0.05, 0.1) is 25.1 Å². The number of carbonyl (C=O) groups excluding carboxylic acids is 2. The van der Waals surface area contributed by atoms with E-state index in [1.165, 1.54) is 10.7 Å². The number of fused-ring (bicyclic) bond motifs is 6. The Morgan fingerprint density at radius 3 is 1.63 bits per heavy atom. The molecule has 4 aromatic carbocycles. The molecule has 60 heavy (non-hydrogen) atoms. The molecule has 2 aliphatic carbocycles. The molecule has 0 aliphatic heterocycles. The summed E-state index contributed by atoms with van der Waals surface area (Å²) in [5.74, 6) is -1.60. The standard InChI is InChI=1S/C47H53FN4O7Si/c1-46(2,3)60(48,47(4,5)6)42-27-41(51(28-43(53)54)45(56)59-30-40-37-21-13-9-17-33(37)34-18-10-14-22-38(34)40)50-52(42)24-26-57-25-23-49-44(55)58-29-39-35-19-11-7-15-31(35)32-16-8-12-20-36(32)39/h7-22,27,39-40H,23-26,28-30H2,1-6H3,(H,49,55)(H,53,54). The number of nitrogens with one attached hydrogen (secondary N) is 1. The maximum atomic E-state index is 18.0. The number of amides is 2. The number of alkyl carbamates (subject to hydrolysis) is 1. The first-order chi connectivity index (χ1) is 28.6. The van der Waals surface area contributed by atoms with Crippen LogP contribution < -0.4 is 15.5 Å². The van der Waals surface area contributed by atoms with Gasteiger partial charge >= 0.3 is 26.6 Å². The minimum Gasteiger partial charge on any atom is -0.480 e. The van der Waals surface area contributed by atoms with E-state index in [-0.39, 0.29) is 57.2 Å². The van der Waals surface area contributed by atoms with Gasteiger partial charge in [0.15, 0.2) is 5.82 Å². The van der Waals surface area contributed by atoms with E-state index >= 15 is 4.11 Å². The Balaban J connectivity index is 1.02. The van der Waals surface area contributed by atoms with Crippen molar-refractivity contribution in [3.8, 4) is 22.3 Å². The van der Waals surface area contributed by atoms with Gasteiger partial charge in [0, 0.05) is 24.4 Å². The molecule has 7 rings (SSSR count). The molecule has 2 N–H and O–H groups in total. The normalized spacial score (nSPS) is 13.6. The van der Waals surface area contributed by atoms with E-state index in [9.17, 15) is 19.5 Å². The molecule has 0 fully saturated rings. The summed E-state index contributed by atoms with van der Waals surface area (Å²) in [7, 11) is -4.00. The van der Waals surface area contributed by atoms with Gasteiger partial charge in [0.1, 0.15) is 19.8 Å². The Labute approximate surface area is 351 Å². The molecule has 1 aromatic heterocycles. The number of carbonyl (C=O) groups is 3. The zero-order valence-corrected chi connectivity index (χ0v) is 36.0. The number of halogens is 1. The molecule has 2 amide bonds. The summed E-state index contributed by atoms with van der Waals surface area (Å²) in [5.41, 5.74) is 8.68. The van der Waals surface area contributed by atoms with Gasteiger partial charge in [-0.05, 0) is 54.6 Å². The molecule has 314 valence electrons. The van der Waals surface area contributed by atoms with Crippen molar-refractivity contribution in [2.24, 2.45) is 0 Å². The van der Waals surface area contributed by atoms with Crippen LogP contribution in [0, 0.1) is 0 Å². The van der Waals surface area contributed by atoms with E-state index in [0.717, 1.165) is 49.4 Å². The first-order valence-electron chi connectivity index (χ1n) is 20.4. The van der Waals surface area contributed by atoms with Gasteiger partial charge < -0.3 is 28.7 Å². The van der Waals surface area contributed by atoms with Crippen LogP contribution in [-0.4, -0.2) is 81.0 Å². The Hall–Kier alpha value is -5.79. The minimum atomic E-state index is -4.00. The van der Waals surface area contributed by atoms with Crippen molar-refractivity contribution in [1.82, 2.24) is 15.1 Å². The van der Waals surface area contributed by atoms with Crippen molar-refractivity contribution in [2.75, 3.05) is 44.4 Å². The molecule has 13 heteroatoms. The third-order valence-electron chi connectivity index (χ3n) is 11.6. The zero-order chi connectivity index (χ0) is 42.8. The highest BCUT2D eigenvalue weighted by molar-refractivity contribution is 6.90. The fraction of sp³-hybridized carbons (Fsp3) is 0.362. The second-order valence-electron chi connectivity index (χ2n) is 17.4. The number of rotatable bonds is 14. The van der Waals surface area contributed by atoms with Crippen molar-refractivity contribution in [1.29, 1.82) is 0 Å². The molecule has 5 aromatic rings. The first kappa shape index (κ1) is 42.3. The fourth-order valence-electron chi connectivity index (χ4n) is 9.05. The molecule has 0 saturated carbocycles. The lowest BCUT2D eigenvalue weighted by molar-refractivity contribution is -0.135. The van der Waals surface area contributed by atoms with Crippen molar-refractivity contribution < 1.29 is 37.8 Å². The predicted molar refractivity (Wildman–Crippen MR) is 232 cm³/mol. The molecule has 1 heterocycles. The van der Waals surface area contributed by atoms with Crippen LogP contribution in [0.1, 0.15) is 75.6 Å². The molecule has 0 spiro atoms. The second-order valence-corrected chi connectivity index (χ2v) is 22.2. The summed E-state index contributed by atoms with van der Waals surface area (Å²) in [6, 6.07) is 33.6.